The molecule has 2 aromatic rings. The van der Waals surface area contributed by atoms with E-state index in [1.165, 1.54) is 32.1 Å². The van der Waals surface area contributed by atoms with Gasteiger partial charge in [0.15, 0.2) is 0 Å². The second kappa shape index (κ2) is 8.40. The maximum absolute atomic E-state index is 12.3. The van der Waals surface area contributed by atoms with E-state index in [-0.39, 0.29) is 5.91 Å². The van der Waals surface area contributed by atoms with Crippen molar-refractivity contribution in [3.63, 3.8) is 0 Å². The molecule has 0 aliphatic carbocycles. The molecule has 0 spiro atoms. The van der Waals surface area contributed by atoms with Crippen LogP contribution in [0.25, 0.3) is 10.8 Å². The summed E-state index contributed by atoms with van der Waals surface area (Å²) < 4.78 is 0. The van der Waals surface area contributed by atoms with Crippen LogP contribution in [0.2, 0.25) is 0 Å². The van der Waals surface area contributed by atoms with Gasteiger partial charge in [-0.1, -0.05) is 51.2 Å². The average molecular weight is 284 g/mol. The van der Waals surface area contributed by atoms with E-state index in [9.17, 15) is 4.79 Å². The summed E-state index contributed by atoms with van der Waals surface area (Å²) >= 11 is 0. The van der Waals surface area contributed by atoms with Crippen molar-refractivity contribution in [3.05, 3.63) is 42.2 Å². The molecule has 1 aromatic heterocycles. The van der Waals surface area contributed by atoms with Gasteiger partial charge in [-0.2, -0.15) is 0 Å². The average Bonchev–Trinajstić information content (AvgIpc) is 2.53. The number of hydrogen-bond donors (Lipinski definition) is 1. The lowest BCUT2D eigenvalue weighted by Gasteiger charge is -2.07. The van der Waals surface area contributed by atoms with Crippen molar-refractivity contribution >= 4 is 16.7 Å². The van der Waals surface area contributed by atoms with E-state index in [1.54, 1.807) is 12.4 Å². The maximum atomic E-state index is 12.3. The number of carbonyl (C=O) groups is 1. The molecule has 0 aliphatic heterocycles. The number of nitrogens with zero attached hydrogens (tertiary/aromatic N) is 1. The zero-order valence-electron chi connectivity index (χ0n) is 12.8. The molecule has 0 aliphatic rings. The lowest BCUT2D eigenvalue weighted by Crippen LogP contribution is -2.24. The fourth-order valence-corrected chi connectivity index (χ4v) is 2.51. The minimum absolute atomic E-state index is 0.00200. The molecule has 112 valence electrons. The zero-order valence-corrected chi connectivity index (χ0v) is 12.8. The number of nitrogens with one attached hydrogen (secondary N) is 1. The highest BCUT2D eigenvalue weighted by atomic mass is 16.1. The summed E-state index contributed by atoms with van der Waals surface area (Å²) in [4.78, 5) is 16.4. The molecule has 21 heavy (non-hydrogen) atoms. The van der Waals surface area contributed by atoms with E-state index in [2.05, 4.69) is 17.2 Å². The zero-order chi connectivity index (χ0) is 14.9. The van der Waals surface area contributed by atoms with Gasteiger partial charge >= 0.3 is 0 Å². The van der Waals surface area contributed by atoms with Gasteiger partial charge in [0.2, 0.25) is 0 Å². The first-order valence-corrected chi connectivity index (χ1v) is 7.94. The van der Waals surface area contributed by atoms with Crippen molar-refractivity contribution in [2.75, 3.05) is 6.54 Å². The topological polar surface area (TPSA) is 42.0 Å². The molecular formula is C18H24N2O. The smallest absolute Gasteiger partial charge is 0.251 e. The second-order valence-corrected chi connectivity index (χ2v) is 5.43. The maximum Gasteiger partial charge on any atom is 0.251 e. The summed E-state index contributed by atoms with van der Waals surface area (Å²) in [5.74, 6) is 0.00200. The number of rotatable bonds is 8. The van der Waals surface area contributed by atoms with E-state index in [4.69, 9.17) is 0 Å². The van der Waals surface area contributed by atoms with Crippen LogP contribution < -0.4 is 5.32 Å². The van der Waals surface area contributed by atoms with Gasteiger partial charge in [0, 0.05) is 29.9 Å². The molecule has 0 atom stereocenters. The number of carbonyl (C=O) groups excluding carboxylic acids is 1. The Labute approximate surface area is 126 Å². The third-order valence-corrected chi connectivity index (χ3v) is 3.74. The van der Waals surface area contributed by atoms with Crippen molar-refractivity contribution in [1.82, 2.24) is 10.3 Å². The Hall–Kier alpha value is -1.90. The summed E-state index contributed by atoms with van der Waals surface area (Å²) in [5, 5.41) is 4.99. The Morgan fingerprint density at radius 2 is 1.90 bits per heavy atom. The minimum Gasteiger partial charge on any atom is -0.352 e. The first-order valence-electron chi connectivity index (χ1n) is 7.94. The highest BCUT2D eigenvalue weighted by molar-refractivity contribution is 6.06. The Morgan fingerprint density at radius 1 is 1.10 bits per heavy atom. The highest BCUT2D eigenvalue weighted by Crippen LogP contribution is 2.17. The van der Waals surface area contributed by atoms with Crippen LogP contribution in [0.15, 0.2) is 36.7 Å². The van der Waals surface area contributed by atoms with Gasteiger partial charge in [0.1, 0.15) is 0 Å². The summed E-state index contributed by atoms with van der Waals surface area (Å²) in [6.07, 6.45) is 10.9. The number of aromatic nitrogens is 1. The van der Waals surface area contributed by atoms with Crippen LogP contribution in [0.1, 0.15) is 55.8 Å². The molecule has 1 heterocycles. The first-order chi connectivity index (χ1) is 10.3. The lowest BCUT2D eigenvalue weighted by molar-refractivity contribution is 0.0954. The SMILES string of the molecule is CCCCCCCCNC(=O)c1cccc2ccncc12. The van der Waals surface area contributed by atoms with Gasteiger partial charge in [0.25, 0.3) is 5.91 Å². The molecule has 0 unspecified atom stereocenters. The predicted octanol–water partition coefficient (Wildman–Crippen LogP) is 4.33. The molecule has 0 radical (unpaired) electrons. The Morgan fingerprint density at radius 3 is 2.76 bits per heavy atom. The van der Waals surface area contributed by atoms with Crippen molar-refractivity contribution in [2.45, 2.75) is 45.4 Å². The molecule has 0 bridgehead atoms. The normalized spacial score (nSPS) is 10.7. The van der Waals surface area contributed by atoms with Gasteiger partial charge < -0.3 is 5.32 Å². The molecule has 2 rings (SSSR count). The summed E-state index contributed by atoms with van der Waals surface area (Å²) in [6.45, 7) is 2.97. The van der Waals surface area contributed by atoms with Crippen LogP contribution >= 0.6 is 0 Å². The van der Waals surface area contributed by atoms with Crippen molar-refractivity contribution in [3.8, 4) is 0 Å². The molecule has 1 aromatic carbocycles. The van der Waals surface area contributed by atoms with Gasteiger partial charge in [-0.3, -0.25) is 9.78 Å². The molecule has 1 amide bonds. The van der Waals surface area contributed by atoms with E-state index >= 15 is 0 Å². The van der Waals surface area contributed by atoms with E-state index < -0.39 is 0 Å². The molecule has 1 N–H and O–H groups in total. The molecular weight excluding hydrogens is 260 g/mol. The summed E-state index contributed by atoms with van der Waals surface area (Å²) in [7, 11) is 0. The van der Waals surface area contributed by atoms with E-state index in [0.717, 1.165) is 23.7 Å². The Kier molecular flexibility index (Phi) is 6.20. The largest absolute Gasteiger partial charge is 0.352 e. The van der Waals surface area contributed by atoms with E-state index in [1.807, 2.05) is 24.3 Å². The van der Waals surface area contributed by atoms with Gasteiger partial charge in [-0.25, -0.2) is 0 Å². The third-order valence-electron chi connectivity index (χ3n) is 3.74. The van der Waals surface area contributed by atoms with Gasteiger partial charge in [-0.15, -0.1) is 0 Å². The molecule has 3 nitrogen and oxygen atoms in total. The van der Waals surface area contributed by atoms with E-state index in [0.29, 0.717) is 5.56 Å². The predicted molar refractivity (Wildman–Crippen MR) is 87.5 cm³/mol. The molecule has 0 saturated carbocycles. The van der Waals surface area contributed by atoms with Gasteiger partial charge in [-0.05, 0) is 23.9 Å². The number of amides is 1. The quantitative estimate of drug-likeness (QED) is 0.733. The highest BCUT2D eigenvalue weighted by Gasteiger charge is 2.08. The fourth-order valence-electron chi connectivity index (χ4n) is 2.51. The molecule has 0 fully saturated rings. The number of pyridine rings is 1. The minimum atomic E-state index is 0.00200. The Bertz CT molecular complexity index is 575. The fraction of sp³-hybridized carbons (Fsp3) is 0.444. The van der Waals surface area contributed by atoms with Gasteiger partial charge in [0.05, 0.1) is 0 Å². The molecule has 3 heteroatoms. The van der Waals surface area contributed by atoms with Crippen LogP contribution in [0, 0.1) is 0 Å². The number of unbranched alkanes of at least 4 members (excludes halogenated alkanes) is 5. The van der Waals surface area contributed by atoms with Crippen LogP contribution in [0.3, 0.4) is 0 Å². The second-order valence-electron chi connectivity index (χ2n) is 5.43. The van der Waals surface area contributed by atoms with Crippen molar-refractivity contribution < 1.29 is 4.79 Å². The van der Waals surface area contributed by atoms with Crippen LogP contribution in [0.4, 0.5) is 0 Å². The Balaban J connectivity index is 1.83. The number of benzene rings is 1. The summed E-state index contributed by atoms with van der Waals surface area (Å²) in [6, 6.07) is 7.71. The first kappa shape index (κ1) is 15.5. The van der Waals surface area contributed by atoms with Crippen LogP contribution in [-0.2, 0) is 0 Å². The third kappa shape index (κ3) is 4.55. The van der Waals surface area contributed by atoms with Crippen LogP contribution in [0.5, 0.6) is 0 Å². The monoisotopic (exact) mass is 284 g/mol. The number of hydrogen-bond acceptors (Lipinski definition) is 2. The lowest BCUT2D eigenvalue weighted by atomic mass is 10.1. The summed E-state index contributed by atoms with van der Waals surface area (Å²) in [5.41, 5.74) is 0.714. The number of fused-ring (bicyclic) bond motifs is 1. The van der Waals surface area contributed by atoms with Crippen LogP contribution in [-0.4, -0.2) is 17.4 Å². The van der Waals surface area contributed by atoms with Crippen molar-refractivity contribution in [1.29, 1.82) is 0 Å². The van der Waals surface area contributed by atoms with Crippen molar-refractivity contribution in [2.24, 2.45) is 0 Å². The molecule has 0 saturated heterocycles. The standard InChI is InChI=1S/C18H24N2O/c1-2-3-4-5-6-7-12-20-18(21)16-10-8-9-15-11-13-19-14-17(15)16/h8-11,13-14H,2-7,12H2,1H3,(H,20,21).